The van der Waals surface area contributed by atoms with E-state index in [9.17, 15) is 14.7 Å². The first-order chi connectivity index (χ1) is 7.79. The first-order valence-electron chi connectivity index (χ1n) is 5.96. The number of nitrogens with one attached hydrogen (secondary N) is 1. The Hall–Kier alpha value is -1.10. The van der Waals surface area contributed by atoms with Gasteiger partial charge in [0.2, 0.25) is 0 Å². The molecule has 0 saturated carbocycles. The summed E-state index contributed by atoms with van der Waals surface area (Å²) in [6.07, 6.45) is 1.55. The lowest BCUT2D eigenvalue weighted by molar-refractivity contribution is -0.308. The third kappa shape index (κ3) is 4.73. The maximum absolute atomic E-state index is 11.8. The van der Waals surface area contributed by atoms with E-state index in [1.54, 1.807) is 0 Å². The molecular formula is C12H20NO4-. The molecule has 2 unspecified atom stereocenters. The minimum atomic E-state index is -1.10. The molecule has 0 aromatic heterocycles. The zero-order valence-corrected chi connectivity index (χ0v) is 10.6. The van der Waals surface area contributed by atoms with Crippen LogP contribution in [-0.4, -0.2) is 30.1 Å². The van der Waals surface area contributed by atoms with Crippen LogP contribution in [0.1, 0.15) is 40.0 Å². The Balaban J connectivity index is 2.51. The molecule has 2 atom stereocenters. The molecular weight excluding hydrogens is 222 g/mol. The Bertz CT molecular complexity index is 295. The van der Waals surface area contributed by atoms with E-state index in [2.05, 4.69) is 5.32 Å². The topological polar surface area (TPSA) is 78.5 Å². The molecule has 0 aromatic carbocycles. The summed E-state index contributed by atoms with van der Waals surface area (Å²) in [7, 11) is 0. The van der Waals surface area contributed by atoms with Gasteiger partial charge in [-0.25, -0.2) is 0 Å². The number of esters is 1. The van der Waals surface area contributed by atoms with Crippen LogP contribution in [0.4, 0.5) is 0 Å². The maximum Gasteiger partial charge on any atom is 0.309 e. The number of carboxylic acid groups (broad SMARTS) is 1. The third-order valence-electron chi connectivity index (χ3n) is 2.71. The highest BCUT2D eigenvalue weighted by atomic mass is 16.6. The summed E-state index contributed by atoms with van der Waals surface area (Å²) >= 11 is 0. The average molecular weight is 242 g/mol. The van der Waals surface area contributed by atoms with E-state index in [4.69, 9.17) is 4.74 Å². The lowest BCUT2D eigenvalue weighted by Gasteiger charge is -2.23. The maximum atomic E-state index is 11.8. The SMILES string of the molecule is CC(C)(C)OC(=O)C1CCNC(C(=O)[O-])CC1. The molecule has 1 aliphatic rings. The van der Waals surface area contributed by atoms with Crippen LogP contribution < -0.4 is 10.4 Å². The first kappa shape index (κ1) is 14.0. The molecule has 0 radical (unpaired) electrons. The molecule has 5 heteroatoms. The number of rotatable bonds is 2. The second-order valence-electron chi connectivity index (χ2n) is 5.42. The fraction of sp³-hybridized carbons (Fsp3) is 0.833. The normalized spacial score (nSPS) is 26.1. The molecule has 1 N–H and O–H groups in total. The van der Waals surface area contributed by atoms with Crippen molar-refractivity contribution in [3.63, 3.8) is 0 Å². The number of aliphatic carboxylic acids is 1. The molecule has 0 aliphatic carbocycles. The van der Waals surface area contributed by atoms with E-state index in [0.29, 0.717) is 25.8 Å². The molecule has 98 valence electrons. The van der Waals surface area contributed by atoms with Gasteiger partial charge in [0, 0.05) is 6.04 Å². The van der Waals surface area contributed by atoms with Crippen molar-refractivity contribution >= 4 is 11.9 Å². The fourth-order valence-corrected chi connectivity index (χ4v) is 1.87. The van der Waals surface area contributed by atoms with Crippen molar-refractivity contribution in [2.24, 2.45) is 5.92 Å². The summed E-state index contributed by atoms with van der Waals surface area (Å²) in [5, 5.41) is 13.6. The quantitative estimate of drug-likeness (QED) is 0.680. The molecule has 0 bridgehead atoms. The number of carbonyl (C=O) groups is 2. The zero-order chi connectivity index (χ0) is 13.1. The Morgan fingerprint density at radius 3 is 2.41 bits per heavy atom. The molecule has 0 aromatic rings. The fourth-order valence-electron chi connectivity index (χ4n) is 1.87. The van der Waals surface area contributed by atoms with Crippen molar-refractivity contribution in [3.05, 3.63) is 0 Å². The highest BCUT2D eigenvalue weighted by Crippen LogP contribution is 2.20. The lowest BCUT2D eigenvalue weighted by atomic mass is 9.99. The molecule has 1 heterocycles. The highest BCUT2D eigenvalue weighted by Gasteiger charge is 2.28. The Labute approximate surface area is 102 Å². The molecule has 5 nitrogen and oxygen atoms in total. The summed E-state index contributed by atoms with van der Waals surface area (Å²) in [4.78, 5) is 22.6. The van der Waals surface area contributed by atoms with Gasteiger partial charge in [-0.3, -0.25) is 4.79 Å². The monoisotopic (exact) mass is 242 g/mol. The largest absolute Gasteiger partial charge is 0.548 e. The summed E-state index contributed by atoms with van der Waals surface area (Å²) < 4.78 is 5.30. The first-order valence-corrected chi connectivity index (χ1v) is 5.96. The number of carbonyl (C=O) groups excluding carboxylic acids is 2. The predicted molar refractivity (Wildman–Crippen MR) is 60.0 cm³/mol. The number of ether oxygens (including phenoxy) is 1. The van der Waals surface area contributed by atoms with E-state index in [-0.39, 0.29) is 11.9 Å². The molecule has 1 saturated heterocycles. The highest BCUT2D eigenvalue weighted by molar-refractivity contribution is 5.74. The van der Waals surface area contributed by atoms with Crippen LogP contribution in [0.2, 0.25) is 0 Å². The van der Waals surface area contributed by atoms with Crippen LogP contribution in [0.5, 0.6) is 0 Å². The molecule has 0 spiro atoms. The summed E-state index contributed by atoms with van der Waals surface area (Å²) in [5.74, 6) is -1.56. The van der Waals surface area contributed by atoms with Crippen molar-refractivity contribution in [2.45, 2.75) is 51.7 Å². The van der Waals surface area contributed by atoms with Crippen molar-refractivity contribution in [2.75, 3.05) is 6.54 Å². The van der Waals surface area contributed by atoms with Gasteiger partial charge in [-0.1, -0.05) is 0 Å². The Morgan fingerprint density at radius 2 is 1.88 bits per heavy atom. The summed E-state index contributed by atoms with van der Waals surface area (Å²) in [5.41, 5.74) is -0.495. The Kier molecular flexibility index (Phi) is 4.51. The summed E-state index contributed by atoms with van der Waals surface area (Å²) in [6, 6.07) is -0.651. The van der Waals surface area contributed by atoms with Crippen molar-refractivity contribution in [1.82, 2.24) is 5.32 Å². The molecule has 17 heavy (non-hydrogen) atoms. The minimum Gasteiger partial charge on any atom is -0.548 e. The second kappa shape index (κ2) is 5.49. The van der Waals surface area contributed by atoms with Crippen LogP contribution in [0.3, 0.4) is 0 Å². The van der Waals surface area contributed by atoms with Crippen LogP contribution >= 0.6 is 0 Å². The van der Waals surface area contributed by atoms with E-state index in [1.807, 2.05) is 20.8 Å². The van der Waals surface area contributed by atoms with E-state index in [1.165, 1.54) is 0 Å². The van der Waals surface area contributed by atoms with E-state index >= 15 is 0 Å². The minimum absolute atomic E-state index is 0.217. The molecule has 1 aliphatic heterocycles. The standard InChI is InChI=1S/C12H21NO4/c1-12(2,3)17-11(16)8-4-5-9(10(14)15)13-7-6-8/h8-9,13H,4-7H2,1-3H3,(H,14,15)/p-1. The molecule has 1 rings (SSSR count). The lowest BCUT2D eigenvalue weighted by Crippen LogP contribution is -2.44. The Morgan fingerprint density at radius 1 is 1.24 bits per heavy atom. The van der Waals surface area contributed by atoms with Gasteiger partial charge < -0.3 is 20.0 Å². The van der Waals surface area contributed by atoms with Gasteiger partial charge in [0.15, 0.2) is 0 Å². The average Bonchev–Trinajstić information content (AvgIpc) is 2.39. The van der Waals surface area contributed by atoms with Gasteiger partial charge in [-0.15, -0.1) is 0 Å². The number of carboxylic acids is 1. The molecule has 1 fully saturated rings. The van der Waals surface area contributed by atoms with Crippen molar-refractivity contribution in [3.8, 4) is 0 Å². The van der Waals surface area contributed by atoms with Crippen molar-refractivity contribution < 1.29 is 19.4 Å². The van der Waals surface area contributed by atoms with E-state index in [0.717, 1.165) is 0 Å². The van der Waals surface area contributed by atoms with Gasteiger partial charge in [-0.2, -0.15) is 0 Å². The van der Waals surface area contributed by atoms with Crippen LogP contribution in [0.25, 0.3) is 0 Å². The summed E-state index contributed by atoms with van der Waals surface area (Å²) in [6.45, 7) is 5.97. The number of hydrogen-bond acceptors (Lipinski definition) is 5. The predicted octanol–water partition coefficient (Wildman–Crippen LogP) is -0.164. The number of hydrogen-bond donors (Lipinski definition) is 1. The third-order valence-corrected chi connectivity index (χ3v) is 2.71. The second-order valence-corrected chi connectivity index (χ2v) is 5.42. The van der Waals surface area contributed by atoms with Crippen LogP contribution in [0.15, 0.2) is 0 Å². The van der Waals surface area contributed by atoms with Gasteiger partial charge in [-0.05, 0) is 46.6 Å². The smallest absolute Gasteiger partial charge is 0.309 e. The van der Waals surface area contributed by atoms with Crippen LogP contribution in [0, 0.1) is 5.92 Å². The zero-order valence-electron chi connectivity index (χ0n) is 10.6. The van der Waals surface area contributed by atoms with Gasteiger partial charge >= 0.3 is 5.97 Å². The van der Waals surface area contributed by atoms with Gasteiger partial charge in [0.25, 0.3) is 0 Å². The molecule has 0 amide bonds. The van der Waals surface area contributed by atoms with Crippen molar-refractivity contribution in [1.29, 1.82) is 0 Å². The van der Waals surface area contributed by atoms with Crippen LogP contribution in [-0.2, 0) is 14.3 Å². The van der Waals surface area contributed by atoms with Gasteiger partial charge in [0.05, 0.1) is 11.9 Å². The van der Waals surface area contributed by atoms with E-state index < -0.39 is 17.6 Å². The van der Waals surface area contributed by atoms with Gasteiger partial charge in [0.1, 0.15) is 5.60 Å².